The van der Waals surface area contributed by atoms with Crippen LogP contribution in [-0.4, -0.2) is 28.6 Å². The lowest BCUT2D eigenvalue weighted by Crippen LogP contribution is -2.20. The number of nitrogens with one attached hydrogen (secondary N) is 1. The van der Waals surface area contributed by atoms with Gasteiger partial charge in [0.05, 0.1) is 12.1 Å². The standard InChI is InChI=1S/C13H11ClN2O4S/c14-8-1-3-10(4-2-8)20-6-11(17)16-13-15-9(7-21-13)5-12(18)19/h1-4,7H,5-6H2,(H,18,19)(H,15,16,17). The Morgan fingerprint density at radius 2 is 2.05 bits per heavy atom. The first kappa shape index (κ1) is 15.3. The van der Waals surface area contributed by atoms with E-state index < -0.39 is 5.97 Å². The number of amides is 1. The number of thiazole rings is 1. The zero-order valence-electron chi connectivity index (χ0n) is 10.7. The number of hydrogen-bond donors (Lipinski definition) is 2. The minimum Gasteiger partial charge on any atom is -0.484 e. The van der Waals surface area contributed by atoms with E-state index in [0.29, 0.717) is 21.6 Å². The van der Waals surface area contributed by atoms with E-state index in [0.717, 1.165) is 11.3 Å². The summed E-state index contributed by atoms with van der Waals surface area (Å²) in [4.78, 5) is 26.2. The minimum absolute atomic E-state index is 0.171. The van der Waals surface area contributed by atoms with Crippen LogP contribution in [0.3, 0.4) is 0 Å². The van der Waals surface area contributed by atoms with Crippen molar-refractivity contribution in [2.24, 2.45) is 0 Å². The van der Waals surface area contributed by atoms with E-state index in [-0.39, 0.29) is 18.9 Å². The zero-order chi connectivity index (χ0) is 15.2. The zero-order valence-corrected chi connectivity index (χ0v) is 12.3. The lowest BCUT2D eigenvalue weighted by Gasteiger charge is -2.05. The van der Waals surface area contributed by atoms with Crippen molar-refractivity contribution in [3.8, 4) is 5.75 Å². The molecule has 1 aromatic carbocycles. The summed E-state index contributed by atoms with van der Waals surface area (Å²) in [7, 11) is 0. The van der Waals surface area contributed by atoms with Gasteiger partial charge in [-0.25, -0.2) is 4.98 Å². The fourth-order valence-electron chi connectivity index (χ4n) is 1.44. The van der Waals surface area contributed by atoms with Crippen molar-refractivity contribution in [2.45, 2.75) is 6.42 Å². The second kappa shape index (κ2) is 7.05. The maximum Gasteiger partial charge on any atom is 0.309 e. The van der Waals surface area contributed by atoms with Crippen molar-refractivity contribution in [2.75, 3.05) is 11.9 Å². The Balaban J connectivity index is 1.82. The van der Waals surface area contributed by atoms with Gasteiger partial charge in [-0.15, -0.1) is 11.3 Å². The first-order valence-corrected chi connectivity index (χ1v) is 7.13. The van der Waals surface area contributed by atoms with Gasteiger partial charge < -0.3 is 9.84 Å². The average molecular weight is 327 g/mol. The Hall–Kier alpha value is -2.12. The largest absolute Gasteiger partial charge is 0.484 e. The number of carboxylic acids is 1. The summed E-state index contributed by atoms with van der Waals surface area (Å²) in [6.07, 6.45) is -0.173. The Kier molecular flexibility index (Phi) is 5.13. The molecule has 6 nitrogen and oxygen atoms in total. The van der Waals surface area contributed by atoms with Crippen LogP contribution in [0.5, 0.6) is 5.75 Å². The van der Waals surface area contributed by atoms with E-state index >= 15 is 0 Å². The maximum atomic E-state index is 11.7. The van der Waals surface area contributed by atoms with Gasteiger partial charge in [0.15, 0.2) is 11.7 Å². The number of anilines is 1. The molecule has 2 N–H and O–H groups in total. The van der Waals surface area contributed by atoms with E-state index in [1.807, 2.05) is 0 Å². The molecule has 0 bridgehead atoms. The molecule has 1 heterocycles. The van der Waals surface area contributed by atoms with Gasteiger partial charge in [0.25, 0.3) is 5.91 Å². The highest BCUT2D eigenvalue weighted by atomic mass is 35.5. The smallest absolute Gasteiger partial charge is 0.309 e. The number of hydrogen-bond acceptors (Lipinski definition) is 5. The highest BCUT2D eigenvalue weighted by molar-refractivity contribution is 7.13. The van der Waals surface area contributed by atoms with E-state index in [1.165, 1.54) is 0 Å². The summed E-state index contributed by atoms with van der Waals surface area (Å²) in [5.41, 5.74) is 0.404. The highest BCUT2D eigenvalue weighted by Gasteiger charge is 2.09. The number of carboxylic acid groups (broad SMARTS) is 1. The van der Waals surface area contributed by atoms with Gasteiger partial charge in [-0.3, -0.25) is 14.9 Å². The maximum absolute atomic E-state index is 11.7. The molecule has 2 aromatic rings. The summed E-state index contributed by atoms with van der Waals surface area (Å²) < 4.78 is 5.28. The molecular formula is C13H11ClN2O4S. The van der Waals surface area contributed by atoms with Crippen molar-refractivity contribution in [1.29, 1.82) is 0 Å². The van der Waals surface area contributed by atoms with Crippen molar-refractivity contribution >= 4 is 39.9 Å². The van der Waals surface area contributed by atoms with Crippen LogP contribution < -0.4 is 10.1 Å². The van der Waals surface area contributed by atoms with Crippen LogP contribution in [0.4, 0.5) is 5.13 Å². The quantitative estimate of drug-likeness (QED) is 0.851. The summed E-state index contributed by atoms with van der Waals surface area (Å²) in [6, 6.07) is 6.63. The van der Waals surface area contributed by atoms with Gasteiger partial charge >= 0.3 is 5.97 Å². The van der Waals surface area contributed by atoms with Gasteiger partial charge in [0.2, 0.25) is 0 Å². The number of aliphatic carboxylic acids is 1. The Morgan fingerprint density at radius 1 is 1.33 bits per heavy atom. The minimum atomic E-state index is -0.968. The molecule has 0 aliphatic carbocycles. The molecule has 0 aliphatic rings. The average Bonchev–Trinajstić information content (AvgIpc) is 2.84. The molecule has 8 heteroatoms. The van der Waals surface area contributed by atoms with E-state index in [9.17, 15) is 9.59 Å². The van der Waals surface area contributed by atoms with Crippen molar-refractivity contribution < 1.29 is 19.4 Å². The lowest BCUT2D eigenvalue weighted by atomic mass is 10.3. The number of benzene rings is 1. The molecule has 1 amide bonds. The predicted octanol–water partition coefficient (Wildman–Crippen LogP) is 2.44. The summed E-state index contributed by atoms with van der Waals surface area (Å²) >= 11 is 6.90. The van der Waals surface area contributed by atoms with Crippen LogP contribution in [0, 0.1) is 0 Å². The molecule has 0 saturated carbocycles. The summed E-state index contributed by atoms with van der Waals surface area (Å²) in [5.74, 6) is -0.814. The van der Waals surface area contributed by atoms with Gasteiger partial charge in [0.1, 0.15) is 5.75 Å². The third-order valence-corrected chi connectivity index (χ3v) is 3.37. The van der Waals surface area contributed by atoms with Crippen molar-refractivity contribution in [3.05, 3.63) is 40.4 Å². The molecule has 0 spiro atoms. The molecule has 110 valence electrons. The van der Waals surface area contributed by atoms with Gasteiger partial charge in [-0.05, 0) is 24.3 Å². The fraction of sp³-hybridized carbons (Fsp3) is 0.154. The normalized spacial score (nSPS) is 10.1. The van der Waals surface area contributed by atoms with Crippen LogP contribution in [0.1, 0.15) is 5.69 Å². The SMILES string of the molecule is O=C(O)Cc1csc(NC(=O)COc2ccc(Cl)cc2)n1. The van der Waals surface area contributed by atoms with Crippen LogP contribution in [0.15, 0.2) is 29.6 Å². The van der Waals surface area contributed by atoms with Crippen LogP contribution >= 0.6 is 22.9 Å². The number of nitrogens with zero attached hydrogens (tertiary/aromatic N) is 1. The second-order valence-electron chi connectivity index (χ2n) is 4.01. The van der Waals surface area contributed by atoms with E-state index in [1.54, 1.807) is 29.6 Å². The molecule has 0 saturated heterocycles. The third kappa shape index (κ3) is 5.05. The topological polar surface area (TPSA) is 88.5 Å². The molecule has 0 unspecified atom stereocenters. The van der Waals surface area contributed by atoms with Crippen molar-refractivity contribution in [1.82, 2.24) is 4.98 Å². The fourth-order valence-corrected chi connectivity index (χ4v) is 2.29. The van der Waals surface area contributed by atoms with E-state index in [4.69, 9.17) is 21.4 Å². The number of carbonyl (C=O) groups is 2. The first-order valence-electron chi connectivity index (χ1n) is 5.87. The Morgan fingerprint density at radius 3 is 2.71 bits per heavy atom. The molecule has 0 fully saturated rings. The van der Waals surface area contributed by atoms with Crippen LogP contribution in [-0.2, 0) is 16.0 Å². The Bertz CT molecular complexity index is 642. The predicted molar refractivity (Wildman–Crippen MR) is 79.0 cm³/mol. The summed E-state index contributed by atoms with van der Waals surface area (Å²) in [6.45, 7) is -0.171. The van der Waals surface area contributed by atoms with Crippen molar-refractivity contribution in [3.63, 3.8) is 0 Å². The lowest BCUT2D eigenvalue weighted by molar-refractivity contribution is -0.136. The van der Waals surface area contributed by atoms with Gasteiger partial charge in [0, 0.05) is 10.4 Å². The van der Waals surface area contributed by atoms with Crippen LogP contribution in [0.25, 0.3) is 0 Å². The highest BCUT2D eigenvalue weighted by Crippen LogP contribution is 2.17. The molecule has 21 heavy (non-hydrogen) atoms. The number of halogens is 1. The molecule has 0 atom stereocenters. The number of rotatable bonds is 6. The van der Waals surface area contributed by atoms with E-state index in [2.05, 4.69) is 10.3 Å². The first-order chi connectivity index (χ1) is 10.0. The number of ether oxygens (including phenoxy) is 1. The molecule has 2 rings (SSSR count). The molecule has 1 aromatic heterocycles. The second-order valence-corrected chi connectivity index (χ2v) is 5.30. The molecular weight excluding hydrogens is 316 g/mol. The third-order valence-electron chi connectivity index (χ3n) is 2.31. The monoisotopic (exact) mass is 326 g/mol. The Labute approximate surface area is 129 Å². The molecule has 0 aliphatic heterocycles. The van der Waals surface area contributed by atoms with Gasteiger partial charge in [-0.2, -0.15) is 0 Å². The number of carbonyl (C=O) groups excluding carboxylic acids is 1. The van der Waals surface area contributed by atoms with Crippen LogP contribution in [0.2, 0.25) is 5.02 Å². The number of aromatic nitrogens is 1. The van der Waals surface area contributed by atoms with Gasteiger partial charge in [-0.1, -0.05) is 11.6 Å². The molecule has 0 radical (unpaired) electrons. The summed E-state index contributed by atoms with van der Waals surface area (Å²) in [5, 5.41) is 13.7.